The van der Waals surface area contributed by atoms with Crippen molar-refractivity contribution >= 4 is 39.6 Å². The second kappa shape index (κ2) is 7.43. The number of nitrogens with zero attached hydrogens (tertiary/aromatic N) is 2. The van der Waals surface area contributed by atoms with Crippen LogP contribution in [0.2, 0.25) is 0 Å². The number of thiazole rings is 1. The van der Waals surface area contributed by atoms with E-state index in [-0.39, 0.29) is 0 Å². The van der Waals surface area contributed by atoms with Gasteiger partial charge in [-0.3, -0.25) is 5.43 Å². The minimum Gasteiger partial charge on any atom is -0.465 e. The number of carbonyl (C=O) groups is 1. The van der Waals surface area contributed by atoms with Gasteiger partial charge in [-0.1, -0.05) is 59.9 Å². The molecule has 0 aliphatic heterocycles. The molecule has 0 radical (unpaired) electrons. The first-order valence-electron chi connectivity index (χ1n) is 8.26. The molecular formula is C20H16N4O2S. The van der Waals surface area contributed by atoms with E-state index in [2.05, 4.69) is 20.5 Å². The Balaban J connectivity index is 1.61. The lowest BCUT2D eigenvalue weighted by Gasteiger charge is -1.99. The Morgan fingerprint density at radius 3 is 2.78 bits per heavy atom. The van der Waals surface area contributed by atoms with Crippen LogP contribution >= 0.6 is 11.3 Å². The van der Waals surface area contributed by atoms with E-state index in [1.165, 1.54) is 18.4 Å². The van der Waals surface area contributed by atoms with Crippen LogP contribution in [-0.2, 0) is 4.74 Å². The maximum absolute atomic E-state index is 12.1. The number of hydrogen-bond acceptors (Lipinski definition) is 6. The number of fused-ring (bicyclic) bond motifs is 1. The van der Waals surface area contributed by atoms with Crippen LogP contribution in [0.5, 0.6) is 0 Å². The summed E-state index contributed by atoms with van der Waals surface area (Å²) in [5, 5.41) is 5.87. The Morgan fingerprint density at radius 2 is 1.96 bits per heavy atom. The number of para-hydroxylation sites is 1. The molecule has 2 aromatic heterocycles. The first kappa shape index (κ1) is 17.0. The average Bonchev–Trinajstić information content (AvgIpc) is 3.33. The van der Waals surface area contributed by atoms with E-state index < -0.39 is 5.97 Å². The Morgan fingerprint density at radius 1 is 1.19 bits per heavy atom. The number of carbonyl (C=O) groups excluding carboxylic acids is 1. The smallest absolute Gasteiger partial charge is 0.350 e. The Bertz CT molecular complexity index is 1120. The largest absolute Gasteiger partial charge is 0.465 e. The van der Waals surface area contributed by atoms with Gasteiger partial charge in [0.05, 0.1) is 19.0 Å². The Hall–Kier alpha value is -3.45. The van der Waals surface area contributed by atoms with E-state index in [9.17, 15) is 4.79 Å². The van der Waals surface area contributed by atoms with Gasteiger partial charge in [-0.25, -0.2) is 9.78 Å². The molecule has 0 amide bonds. The monoisotopic (exact) mass is 376 g/mol. The standard InChI is InChI=1S/C20H16N4O2S/c1-26-19(25)18-17(13-7-3-2-4-8-13)23-20(27-18)24-22-12-14-11-21-16-10-6-5-9-15(14)16/h2-12,21H,1H3,(H,23,24)/b22-12-. The van der Waals surface area contributed by atoms with E-state index in [4.69, 9.17) is 4.74 Å². The van der Waals surface area contributed by atoms with Crippen LogP contribution in [0.1, 0.15) is 15.2 Å². The van der Waals surface area contributed by atoms with Crippen molar-refractivity contribution in [3.8, 4) is 11.3 Å². The highest BCUT2D eigenvalue weighted by Gasteiger charge is 2.19. The molecule has 2 aromatic carbocycles. The van der Waals surface area contributed by atoms with Crippen molar-refractivity contribution in [2.45, 2.75) is 0 Å². The van der Waals surface area contributed by atoms with Gasteiger partial charge >= 0.3 is 5.97 Å². The number of nitrogens with one attached hydrogen (secondary N) is 2. The molecule has 0 aliphatic rings. The minimum absolute atomic E-state index is 0.417. The summed E-state index contributed by atoms with van der Waals surface area (Å²) in [5.41, 5.74) is 6.36. The molecule has 7 heteroatoms. The van der Waals surface area contributed by atoms with E-state index in [0.29, 0.717) is 15.7 Å². The number of H-pyrrole nitrogens is 1. The summed E-state index contributed by atoms with van der Waals surface area (Å²) in [4.78, 5) is 20.3. The number of hydrogen-bond donors (Lipinski definition) is 2. The number of methoxy groups -OCH3 is 1. The molecule has 134 valence electrons. The highest BCUT2D eigenvalue weighted by Crippen LogP contribution is 2.31. The number of rotatable bonds is 5. The molecule has 0 spiro atoms. The van der Waals surface area contributed by atoms with Gasteiger partial charge in [0, 0.05) is 28.2 Å². The van der Waals surface area contributed by atoms with Gasteiger partial charge in [-0.15, -0.1) is 0 Å². The molecule has 2 N–H and O–H groups in total. The summed E-state index contributed by atoms with van der Waals surface area (Å²) >= 11 is 1.21. The normalized spacial score (nSPS) is 11.1. The van der Waals surface area contributed by atoms with Crippen LogP contribution in [0.3, 0.4) is 0 Å². The first-order chi connectivity index (χ1) is 13.3. The van der Waals surface area contributed by atoms with Gasteiger partial charge in [0.2, 0.25) is 5.13 Å². The molecule has 0 bridgehead atoms. The molecule has 6 nitrogen and oxygen atoms in total. The lowest BCUT2D eigenvalue weighted by atomic mass is 10.1. The zero-order valence-electron chi connectivity index (χ0n) is 14.5. The quantitative estimate of drug-likeness (QED) is 0.305. The fraction of sp³-hybridized carbons (Fsp3) is 0.0500. The average molecular weight is 376 g/mol. The van der Waals surface area contributed by atoms with Crippen LogP contribution in [-0.4, -0.2) is 29.3 Å². The summed E-state index contributed by atoms with van der Waals surface area (Å²) in [6.45, 7) is 0. The number of benzene rings is 2. The van der Waals surface area contributed by atoms with E-state index in [1.807, 2.05) is 60.8 Å². The SMILES string of the molecule is COC(=O)c1sc(N/N=C\c2c[nH]c3ccccc23)nc1-c1ccccc1. The predicted octanol–water partition coefficient (Wildman–Crippen LogP) is 4.52. The third-order valence-corrected chi connectivity index (χ3v) is 4.97. The highest BCUT2D eigenvalue weighted by molar-refractivity contribution is 7.17. The fourth-order valence-corrected chi connectivity index (χ4v) is 3.60. The number of aromatic nitrogens is 2. The van der Waals surface area contributed by atoms with Crippen molar-refractivity contribution in [3.63, 3.8) is 0 Å². The van der Waals surface area contributed by atoms with E-state index in [1.54, 1.807) is 6.21 Å². The number of hydrazone groups is 1. The second-order valence-electron chi connectivity index (χ2n) is 5.71. The number of esters is 1. The van der Waals surface area contributed by atoms with Gasteiger partial charge < -0.3 is 9.72 Å². The third kappa shape index (κ3) is 3.45. The van der Waals surface area contributed by atoms with Gasteiger partial charge in [-0.05, 0) is 6.07 Å². The van der Waals surface area contributed by atoms with Crippen LogP contribution in [0.25, 0.3) is 22.2 Å². The zero-order valence-corrected chi connectivity index (χ0v) is 15.3. The molecule has 2 heterocycles. The van der Waals surface area contributed by atoms with Gasteiger partial charge in [0.15, 0.2) is 0 Å². The summed E-state index contributed by atoms with van der Waals surface area (Å²) in [6, 6.07) is 17.5. The highest BCUT2D eigenvalue weighted by atomic mass is 32.1. The lowest BCUT2D eigenvalue weighted by Crippen LogP contribution is -2.00. The Kier molecular flexibility index (Phi) is 4.67. The molecule has 0 unspecified atom stereocenters. The van der Waals surface area contributed by atoms with Crippen molar-refractivity contribution in [1.29, 1.82) is 0 Å². The summed E-state index contributed by atoms with van der Waals surface area (Å²) in [6.07, 6.45) is 3.62. The van der Waals surface area contributed by atoms with Crippen molar-refractivity contribution in [1.82, 2.24) is 9.97 Å². The third-order valence-electron chi connectivity index (χ3n) is 4.03. The number of aromatic amines is 1. The van der Waals surface area contributed by atoms with Crippen LogP contribution < -0.4 is 5.43 Å². The van der Waals surface area contributed by atoms with Gasteiger partial charge in [0.1, 0.15) is 4.88 Å². The zero-order chi connectivity index (χ0) is 18.6. The number of anilines is 1. The maximum atomic E-state index is 12.1. The summed E-state index contributed by atoms with van der Waals surface area (Å²) in [7, 11) is 1.36. The van der Waals surface area contributed by atoms with Gasteiger partial charge in [-0.2, -0.15) is 5.10 Å². The van der Waals surface area contributed by atoms with Crippen LogP contribution in [0, 0.1) is 0 Å². The van der Waals surface area contributed by atoms with E-state index in [0.717, 1.165) is 22.0 Å². The van der Waals surface area contributed by atoms with Gasteiger partial charge in [0.25, 0.3) is 0 Å². The van der Waals surface area contributed by atoms with E-state index >= 15 is 0 Å². The molecule has 0 aliphatic carbocycles. The van der Waals surface area contributed by atoms with Crippen LogP contribution in [0.15, 0.2) is 65.9 Å². The first-order valence-corrected chi connectivity index (χ1v) is 9.07. The molecule has 27 heavy (non-hydrogen) atoms. The number of ether oxygens (including phenoxy) is 1. The second-order valence-corrected chi connectivity index (χ2v) is 6.71. The van der Waals surface area contributed by atoms with Crippen molar-refractivity contribution < 1.29 is 9.53 Å². The van der Waals surface area contributed by atoms with Crippen molar-refractivity contribution in [3.05, 3.63) is 71.2 Å². The lowest BCUT2D eigenvalue weighted by molar-refractivity contribution is 0.0607. The fourth-order valence-electron chi connectivity index (χ4n) is 2.75. The van der Waals surface area contributed by atoms with Crippen molar-refractivity contribution in [2.75, 3.05) is 12.5 Å². The molecule has 0 saturated heterocycles. The van der Waals surface area contributed by atoms with Crippen molar-refractivity contribution in [2.24, 2.45) is 5.10 Å². The molecule has 0 atom stereocenters. The summed E-state index contributed by atoms with van der Waals surface area (Å²) < 4.78 is 4.88. The summed E-state index contributed by atoms with van der Waals surface area (Å²) in [5.74, 6) is -0.417. The predicted molar refractivity (Wildman–Crippen MR) is 108 cm³/mol. The minimum atomic E-state index is -0.417. The molecule has 0 saturated carbocycles. The maximum Gasteiger partial charge on any atom is 0.350 e. The molecule has 0 fully saturated rings. The van der Waals surface area contributed by atoms with Crippen LogP contribution in [0.4, 0.5) is 5.13 Å². The molecular weight excluding hydrogens is 360 g/mol. The Labute approximate surface area is 159 Å². The topological polar surface area (TPSA) is 79.4 Å². The molecule has 4 aromatic rings. The molecule has 4 rings (SSSR count).